The van der Waals surface area contributed by atoms with Crippen molar-refractivity contribution < 1.29 is 23.8 Å². The van der Waals surface area contributed by atoms with Gasteiger partial charge in [0.15, 0.2) is 0 Å². The number of halogens is 2. The van der Waals surface area contributed by atoms with Crippen LogP contribution in [0.5, 0.6) is 0 Å². The van der Waals surface area contributed by atoms with Gasteiger partial charge in [0.05, 0.1) is 17.8 Å². The fraction of sp³-hybridized carbons (Fsp3) is 0.417. The van der Waals surface area contributed by atoms with Gasteiger partial charge in [-0.2, -0.15) is 8.78 Å². The van der Waals surface area contributed by atoms with Crippen molar-refractivity contribution in [3.63, 3.8) is 0 Å². The summed E-state index contributed by atoms with van der Waals surface area (Å²) in [5.41, 5.74) is 0.161. The molecule has 104 valence electrons. The van der Waals surface area contributed by atoms with Crippen molar-refractivity contribution in [1.29, 1.82) is 0 Å². The van der Waals surface area contributed by atoms with Crippen LogP contribution in [-0.4, -0.2) is 52.1 Å². The predicted molar refractivity (Wildman–Crippen MR) is 66.2 cm³/mol. The number of hydrogen-bond donors (Lipinski definition) is 2. The van der Waals surface area contributed by atoms with E-state index in [0.29, 0.717) is 11.8 Å². The van der Waals surface area contributed by atoms with Crippen LogP contribution in [-0.2, 0) is 0 Å². The molecule has 0 saturated carbocycles. The number of aliphatic hydroxyl groups excluding tert-OH is 2. The molecular formula is C12H13F2NO3S. The summed E-state index contributed by atoms with van der Waals surface area (Å²) in [7, 11) is 0. The highest BCUT2D eigenvalue weighted by Crippen LogP contribution is 2.29. The molecule has 1 amide bonds. The van der Waals surface area contributed by atoms with Crippen molar-refractivity contribution in [2.24, 2.45) is 0 Å². The van der Waals surface area contributed by atoms with E-state index in [1.807, 2.05) is 0 Å². The molecule has 0 aromatic heterocycles. The first-order valence-electron chi connectivity index (χ1n) is 5.68. The average molecular weight is 289 g/mol. The zero-order valence-corrected chi connectivity index (χ0v) is 10.7. The van der Waals surface area contributed by atoms with E-state index in [1.165, 1.54) is 17.0 Å². The molecule has 1 heterocycles. The van der Waals surface area contributed by atoms with Gasteiger partial charge < -0.3 is 15.1 Å². The van der Waals surface area contributed by atoms with Crippen molar-refractivity contribution in [2.45, 2.75) is 22.9 Å². The monoisotopic (exact) mass is 289 g/mol. The highest BCUT2D eigenvalue weighted by molar-refractivity contribution is 7.99. The molecule has 0 spiro atoms. The highest BCUT2D eigenvalue weighted by atomic mass is 32.2. The van der Waals surface area contributed by atoms with Crippen LogP contribution in [0.4, 0.5) is 8.78 Å². The summed E-state index contributed by atoms with van der Waals surface area (Å²) >= 11 is 0.308. The lowest BCUT2D eigenvalue weighted by molar-refractivity contribution is 0.0572. The molecule has 0 unspecified atom stereocenters. The van der Waals surface area contributed by atoms with Gasteiger partial charge in [-0.3, -0.25) is 4.79 Å². The van der Waals surface area contributed by atoms with E-state index in [-0.39, 0.29) is 23.5 Å². The van der Waals surface area contributed by atoms with Gasteiger partial charge >= 0.3 is 0 Å². The fourth-order valence-corrected chi connectivity index (χ4v) is 2.58. The molecule has 2 N–H and O–H groups in total. The molecule has 1 fully saturated rings. The number of benzene rings is 1. The Morgan fingerprint density at radius 3 is 2.42 bits per heavy atom. The lowest BCUT2D eigenvalue weighted by Crippen LogP contribution is -2.30. The van der Waals surface area contributed by atoms with Gasteiger partial charge in [0, 0.05) is 18.0 Å². The number of hydrogen-bond acceptors (Lipinski definition) is 4. The van der Waals surface area contributed by atoms with Crippen LogP contribution in [0.1, 0.15) is 10.4 Å². The Balaban J connectivity index is 2.19. The molecule has 1 aliphatic heterocycles. The van der Waals surface area contributed by atoms with Crippen LogP contribution in [0.25, 0.3) is 0 Å². The van der Waals surface area contributed by atoms with Gasteiger partial charge in [-0.05, 0) is 12.1 Å². The Hall–Kier alpha value is -1.18. The summed E-state index contributed by atoms with van der Waals surface area (Å²) in [6.07, 6.45) is -1.97. The largest absolute Gasteiger partial charge is 0.388 e. The topological polar surface area (TPSA) is 60.8 Å². The van der Waals surface area contributed by atoms with E-state index in [9.17, 15) is 23.8 Å². The van der Waals surface area contributed by atoms with Gasteiger partial charge in [0.2, 0.25) is 0 Å². The maximum absolute atomic E-state index is 12.4. The second-order valence-corrected chi connectivity index (χ2v) is 5.25. The molecule has 1 aromatic carbocycles. The van der Waals surface area contributed by atoms with Gasteiger partial charge in [0.1, 0.15) is 0 Å². The van der Waals surface area contributed by atoms with E-state index in [4.69, 9.17) is 0 Å². The third-order valence-electron chi connectivity index (χ3n) is 2.88. The normalized spacial score (nSPS) is 23.1. The molecule has 0 bridgehead atoms. The first-order valence-corrected chi connectivity index (χ1v) is 6.56. The van der Waals surface area contributed by atoms with Crippen LogP contribution < -0.4 is 0 Å². The minimum atomic E-state index is -2.61. The summed E-state index contributed by atoms with van der Waals surface area (Å²) < 4.78 is 24.8. The lowest BCUT2D eigenvalue weighted by Gasteiger charge is -2.17. The van der Waals surface area contributed by atoms with E-state index < -0.39 is 23.9 Å². The van der Waals surface area contributed by atoms with Crippen LogP contribution in [0.3, 0.4) is 0 Å². The second-order valence-electron chi connectivity index (χ2n) is 4.22. The van der Waals surface area contributed by atoms with E-state index >= 15 is 0 Å². The Morgan fingerprint density at radius 2 is 1.84 bits per heavy atom. The van der Waals surface area contributed by atoms with Crippen molar-refractivity contribution in [3.8, 4) is 0 Å². The van der Waals surface area contributed by atoms with Crippen LogP contribution in [0.15, 0.2) is 29.2 Å². The van der Waals surface area contributed by atoms with Gasteiger partial charge in [0.25, 0.3) is 11.7 Å². The summed E-state index contributed by atoms with van der Waals surface area (Å²) in [6.45, 7) is 0.0152. The summed E-state index contributed by atoms with van der Waals surface area (Å²) in [4.78, 5) is 13.6. The number of likely N-dealkylation sites (tertiary alicyclic amines) is 1. The lowest BCUT2D eigenvalue weighted by atomic mass is 10.2. The summed E-state index contributed by atoms with van der Waals surface area (Å²) in [5.74, 6) is -3.07. The molecule has 2 rings (SSSR count). The first kappa shape index (κ1) is 14.2. The number of nitrogens with zero attached hydrogens (tertiary/aromatic N) is 1. The van der Waals surface area contributed by atoms with Gasteiger partial charge in [-0.25, -0.2) is 0 Å². The number of aliphatic hydroxyl groups is 2. The molecule has 19 heavy (non-hydrogen) atoms. The van der Waals surface area contributed by atoms with Crippen LogP contribution >= 0.6 is 11.8 Å². The van der Waals surface area contributed by atoms with E-state index in [0.717, 1.165) is 0 Å². The van der Waals surface area contributed by atoms with Crippen molar-refractivity contribution in [2.75, 3.05) is 13.1 Å². The Morgan fingerprint density at radius 1 is 1.26 bits per heavy atom. The van der Waals surface area contributed by atoms with Gasteiger partial charge in [-0.1, -0.05) is 23.9 Å². The maximum atomic E-state index is 12.4. The number of carbonyl (C=O) groups excluding carboxylic acids is 1. The third-order valence-corrected chi connectivity index (χ3v) is 3.67. The number of amides is 1. The molecule has 1 aromatic rings. The van der Waals surface area contributed by atoms with Crippen molar-refractivity contribution in [3.05, 3.63) is 29.8 Å². The molecule has 0 radical (unpaired) electrons. The minimum Gasteiger partial charge on any atom is -0.388 e. The Kier molecular flexibility index (Phi) is 4.38. The summed E-state index contributed by atoms with van der Waals surface area (Å²) in [6, 6.07) is 6.08. The van der Waals surface area contributed by atoms with Crippen molar-refractivity contribution >= 4 is 17.7 Å². The highest BCUT2D eigenvalue weighted by Gasteiger charge is 2.33. The van der Waals surface area contributed by atoms with E-state index in [1.54, 1.807) is 12.1 Å². The maximum Gasteiger partial charge on any atom is 0.288 e. The van der Waals surface area contributed by atoms with E-state index in [2.05, 4.69) is 0 Å². The average Bonchev–Trinajstić information content (AvgIpc) is 2.69. The molecule has 1 aliphatic rings. The van der Waals surface area contributed by atoms with Gasteiger partial charge in [-0.15, -0.1) is 0 Å². The number of rotatable bonds is 3. The van der Waals surface area contributed by atoms with Crippen LogP contribution in [0.2, 0.25) is 0 Å². The number of alkyl halides is 2. The second kappa shape index (κ2) is 5.85. The fourth-order valence-electron chi connectivity index (χ4n) is 1.95. The first-order chi connectivity index (χ1) is 8.99. The SMILES string of the molecule is O=C(c1ccccc1SC(F)F)N1C[C@@H](O)[C@@H](O)C1. The quantitative estimate of drug-likeness (QED) is 0.820. The molecule has 4 nitrogen and oxygen atoms in total. The molecule has 7 heteroatoms. The van der Waals surface area contributed by atoms with Crippen molar-refractivity contribution in [1.82, 2.24) is 4.90 Å². The van der Waals surface area contributed by atoms with Crippen LogP contribution in [0, 0.1) is 0 Å². The molecular weight excluding hydrogens is 276 g/mol. The summed E-state index contributed by atoms with van der Waals surface area (Å²) in [5, 5.41) is 18.8. The molecule has 2 atom stereocenters. The number of thioether (sulfide) groups is 1. The zero-order chi connectivity index (χ0) is 14.0. The standard InChI is InChI=1S/C12H13F2NO3S/c13-12(14)19-10-4-2-1-3-7(10)11(18)15-5-8(16)9(17)6-15/h1-4,8-9,12,16-17H,5-6H2/t8-,9+. The predicted octanol–water partition coefficient (Wildman–Crippen LogP) is 1.18. The zero-order valence-electron chi connectivity index (χ0n) is 9.87. The Labute approximate surface area is 113 Å². The number of β-amino-alcohol motifs (C(OH)–C–C–N with tert-alkyl or cyclic N) is 2. The smallest absolute Gasteiger partial charge is 0.288 e. The Bertz CT molecular complexity index is 462. The third kappa shape index (κ3) is 3.23. The molecule has 0 aliphatic carbocycles. The number of carbonyl (C=O) groups is 1. The molecule has 1 saturated heterocycles. The minimum absolute atomic E-state index is 0.00762.